The molecule has 0 atom stereocenters. The number of nitrogens with one attached hydrogen (secondary N) is 2. The van der Waals surface area contributed by atoms with Crippen LogP contribution in [0.2, 0.25) is 10.0 Å². The molecule has 0 aliphatic carbocycles. The number of para-hydroxylation sites is 3. The molecule has 0 fully saturated rings. The van der Waals surface area contributed by atoms with Crippen LogP contribution in [0.5, 0.6) is 0 Å². The van der Waals surface area contributed by atoms with Gasteiger partial charge in [-0.2, -0.15) is 0 Å². The maximum absolute atomic E-state index is 13.0. The summed E-state index contributed by atoms with van der Waals surface area (Å²) < 4.78 is 13.0. The Kier molecular flexibility index (Phi) is 5.53. The molecule has 25 heavy (non-hydrogen) atoms. The van der Waals surface area contributed by atoms with Crippen molar-refractivity contribution in [3.05, 3.63) is 88.9 Å². The minimum atomic E-state index is -0.312. The Bertz CT molecular complexity index is 935. The van der Waals surface area contributed by atoms with Crippen molar-refractivity contribution in [1.29, 1.82) is 0 Å². The third-order valence-corrected chi connectivity index (χ3v) is 4.01. The van der Waals surface area contributed by atoms with Gasteiger partial charge in [-0.3, -0.25) is 0 Å². The van der Waals surface area contributed by atoms with Crippen molar-refractivity contribution in [1.82, 2.24) is 9.97 Å². The summed E-state index contributed by atoms with van der Waals surface area (Å²) in [5.41, 5.74) is 3.31. The first-order valence-corrected chi connectivity index (χ1v) is 8.24. The van der Waals surface area contributed by atoms with E-state index in [1.807, 2.05) is 24.3 Å². The molecule has 0 saturated carbocycles. The van der Waals surface area contributed by atoms with Crippen molar-refractivity contribution in [2.24, 2.45) is 0 Å². The van der Waals surface area contributed by atoms with Crippen molar-refractivity contribution >= 4 is 45.6 Å². The fraction of sp³-hybridized carbons (Fsp3) is 0. The van der Waals surface area contributed by atoms with Gasteiger partial charge in [-0.1, -0.05) is 47.5 Å². The molecule has 3 nitrogen and oxygen atoms in total. The third-order valence-electron chi connectivity index (χ3n) is 3.38. The number of halogens is 3. The molecule has 126 valence electrons. The molecule has 4 aromatic rings. The minimum Gasteiger partial charge on any atom is -0.353 e. The molecule has 0 aliphatic rings. The second-order valence-electron chi connectivity index (χ2n) is 5.15. The predicted octanol–water partition coefficient (Wildman–Crippen LogP) is 6.44. The van der Waals surface area contributed by atoms with Gasteiger partial charge in [-0.05, 0) is 42.5 Å². The molecule has 1 aromatic heterocycles. The van der Waals surface area contributed by atoms with Crippen LogP contribution < -0.4 is 5.32 Å². The van der Waals surface area contributed by atoms with E-state index < -0.39 is 0 Å². The van der Waals surface area contributed by atoms with Gasteiger partial charge in [0.15, 0.2) is 0 Å². The predicted molar refractivity (Wildman–Crippen MR) is 102 cm³/mol. The van der Waals surface area contributed by atoms with Gasteiger partial charge in [0.1, 0.15) is 5.82 Å². The van der Waals surface area contributed by atoms with Gasteiger partial charge in [-0.15, -0.1) is 0 Å². The Balaban J connectivity index is 0.000000170. The first-order valence-electron chi connectivity index (χ1n) is 7.48. The van der Waals surface area contributed by atoms with Crippen LogP contribution >= 0.6 is 23.2 Å². The molecule has 3 aromatic carbocycles. The average molecular weight is 374 g/mol. The van der Waals surface area contributed by atoms with Crippen LogP contribution in [0, 0.1) is 5.82 Å². The summed E-state index contributed by atoms with van der Waals surface area (Å²) in [6.07, 6.45) is 1.70. The number of aromatic nitrogens is 2. The lowest BCUT2D eigenvalue weighted by Gasteiger charge is -2.10. The molecule has 0 radical (unpaired) electrons. The number of aromatic amines is 1. The van der Waals surface area contributed by atoms with Crippen molar-refractivity contribution in [3.63, 3.8) is 0 Å². The molecule has 1 heterocycles. The molecule has 4 rings (SSSR count). The lowest BCUT2D eigenvalue weighted by molar-refractivity contribution is 0.628. The minimum absolute atomic E-state index is 0.312. The number of imidazole rings is 1. The van der Waals surface area contributed by atoms with Gasteiger partial charge in [-0.25, -0.2) is 9.37 Å². The monoisotopic (exact) mass is 373 g/mol. The van der Waals surface area contributed by atoms with E-state index in [9.17, 15) is 4.39 Å². The van der Waals surface area contributed by atoms with Crippen LogP contribution in [0.15, 0.2) is 73.1 Å². The van der Waals surface area contributed by atoms with Gasteiger partial charge in [0.05, 0.1) is 33.1 Å². The summed E-state index contributed by atoms with van der Waals surface area (Å²) >= 11 is 12.0. The van der Waals surface area contributed by atoms with Crippen LogP contribution in [-0.2, 0) is 0 Å². The lowest BCUT2D eigenvalue weighted by atomic mass is 10.2. The molecule has 0 amide bonds. The van der Waals surface area contributed by atoms with E-state index in [0.29, 0.717) is 21.4 Å². The molecule has 0 saturated heterocycles. The largest absolute Gasteiger partial charge is 0.353 e. The SMILES string of the molecule is Fc1cccc(Nc2c(Cl)cccc2Cl)c1.c1ccc2[nH]cnc2c1. The molecule has 0 spiro atoms. The number of anilines is 2. The number of benzene rings is 3. The maximum atomic E-state index is 13.0. The molecule has 0 bridgehead atoms. The molecular weight excluding hydrogens is 360 g/mol. The zero-order valence-corrected chi connectivity index (χ0v) is 14.5. The number of fused-ring (bicyclic) bond motifs is 1. The first-order chi connectivity index (χ1) is 12.1. The van der Waals surface area contributed by atoms with Crippen LogP contribution in [0.3, 0.4) is 0 Å². The van der Waals surface area contributed by atoms with Gasteiger partial charge in [0.25, 0.3) is 0 Å². The second-order valence-corrected chi connectivity index (χ2v) is 5.97. The van der Waals surface area contributed by atoms with E-state index in [1.54, 1.807) is 36.7 Å². The normalized spacial score (nSPS) is 10.2. The Hall–Kier alpha value is -2.56. The lowest BCUT2D eigenvalue weighted by Crippen LogP contribution is -1.92. The highest BCUT2D eigenvalue weighted by Crippen LogP contribution is 2.32. The number of hydrogen-bond donors (Lipinski definition) is 2. The van der Waals surface area contributed by atoms with Crippen LogP contribution in [0.1, 0.15) is 0 Å². The van der Waals surface area contributed by atoms with E-state index >= 15 is 0 Å². The number of rotatable bonds is 2. The van der Waals surface area contributed by atoms with Crippen molar-refractivity contribution in [2.45, 2.75) is 0 Å². The van der Waals surface area contributed by atoms with Gasteiger partial charge in [0.2, 0.25) is 0 Å². The van der Waals surface area contributed by atoms with E-state index in [0.717, 1.165) is 11.0 Å². The Morgan fingerprint density at radius 1 is 0.880 bits per heavy atom. The van der Waals surface area contributed by atoms with Gasteiger partial charge in [0, 0.05) is 5.69 Å². The van der Waals surface area contributed by atoms with Crippen molar-refractivity contribution in [3.8, 4) is 0 Å². The quantitative estimate of drug-likeness (QED) is 0.424. The summed E-state index contributed by atoms with van der Waals surface area (Å²) in [6.45, 7) is 0. The van der Waals surface area contributed by atoms with Crippen molar-refractivity contribution in [2.75, 3.05) is 5.32 Å². The number of H-pyrrole nitrogens is 1. The molecule has 6 heteroatoms. The molecule has 0 unspecified atom stereocenters. The molecule has 0 aliphatic heterocycles. The fourth-order valence-corrected chi connectivity index (χ4v) is 2.70. The standard InChI is InChI=1S/C12H8Cl2FN.C7H6N2/c13-10-5-2-6-11(14)12(10)16-9-4-1-3-8(15)7-9;1-2-4-7-6(3-1)8-5-9-7/h1-7,16H;1-5H,(H,8,9). The highest BCUT2D eigenvalue weighted by molar-refractivity contribution is 6.39. The van der Waals surface area contributed by atoms with Gasteiger partial charge < -0.3 is 10.3 Å². The highest BCUT2D eigenvalue weighted by Gasteiger charge is 2.05. The molecule has 2 N–H and O–H groups in total. The fourth-order valence-electron chi connectivity index (χ4n) is 2.21. The average Bonchev–Trinajstić information content (AvgIpc) is 3.08. The number of hydrogen-bond acceptors (Lipinski definition) is 2. The zero-order chi connectivity index (χ0) is 17.6. The first kappa shape index (κ1) is 17.3. The van der Waals surface area contributed by atoms with Crippen LogP contribution in [0.4, 0.5) is 15.8 Å². The summed E-state index contributed by atoms with van der Waals surface area (Å²) in [5.74, 6) is -0.312. The maximum Gasteiger partial charge on any atom is 0.125 e. The van der Waals surface area contributed by atoms with Gasteiger partial charge >= 0.3 is 0 Å². The summed E-state index contributed by atoms with van der Waals surface area (Å²) in [5, 5.41) is 3.97. The van der Waals surface area contributed by atoms with E-state index in [1.165, 1.54) is 12.1 Å². The molecular formula is C19H14Cl2FN3. The van der Waals surface area contributed by atoms with Crippen LogP contribution in [-0.4, -0.2) is 9.97 Å². The Morgan fingerprint density at radius 3 is 2.32 bits per heavy atom. The van der Waals surface area contributed by atoms with Crippen molar-refractivity contribution < 1.29 is 4.39 Å². The number of nitrogens with zero attached hydrogens (tertiary/aromatic N) is 1. The van der Waals surface area contributed by atoms with E-state index in [4.69, 9.17) is 23.2 Å². The topological polar surface area (TPSA) is 40.7 Å². The van der Waals surface area contributed by atoms with E-state index in [2.05, 4.69) is 15.3 Å². The Morgan fingerprint density at radius 2 is 1.60 bits per heavy atom. The summed E-state index contributed by atoms with van der Waals surface area (Å²) in [7, 11) is 0. The third kappa shape index (κ3) is 4.50. The zero-order valence-electron chi connectivity index (χ0n) is 13.0. The smallest absolute Gasteiger partial charge is 0.125 e. The van der Waals surface area contributed by atoms with Crippen LogP contribution in [0.25, 0.3) is 11.0 Å². The summed E-state index contributed by atoms with van der Waals surface area (Å²) in [6, 6.07) is 19.2. The Labute approximate surface area is 154 Å². The van der Waals surface area contributed by atoms with E-state index in [-0.39, 0.29) is 5.82 Å². The summed E-state index contributed by atoms with van der Waals surface area (Å²) in [4.78, 5) is 7.07. The highest BCUT2D eigenvalue weighted by atomic mass is 35.5. The second kappa shape index (κ2) is 8.01.